The van der Waals surface area contributed by atoms with Crippen molar-refractivity contribution in [2.24, 2.45) is 5.92 Å². The summed E-state index contributed by atoms with van der Waals surface area (Å²) in [4.78, 5) is 2.40. The van der Waals surface area contributed by atoms with E-state index in [1.54, 1.807) is 0 Å². The van der Waals surface area contributed by atoms with E-state index in [-0.39, 0.29) is 0 Å². The molecule has 1 aromatic rings. The first-order chi connectivity index (χ1) is 10.2. The van der Waals surface area contributed by atoms with E-state index < -0.39 is 0 Å². The molecule has 2 aliphatic carbocycles. The Hall–Kier alpha value is -1.53. The number of benzene rings is 1. The zero-order chi connectivity index (χ0) is 14.8. The van der Waals surface area contributed by atoms with E-state index in [2.05, 4.69) is 48.3 Å². The highest BCUT2D eigenvalue weighted by atomic mass is 15.2. The third-order valence-electron chi connectivity index (χ3n) is 4.44. The minimum absolute atomic E-state index is 0.438. The number of nitriles is 1. The summed E-state index contributed by atoms with van der Waals surface area (Å²) in [6.07, 6.45) is 5.28. The van der Waals surface area contributed by atoms with Crippen molar-refractivity contribution in [1.29, 1.82) is 5.26 Å². The molecule has 3 nitrogen and oxygen atoms in total. The van der Waals surface area contributed by atoms with Crippen molar-refractivity contribution in [3.63, 3.8) is 0 Å². The van der Waals surface area contributed by atoms with Gasteiger partial charge in [-0.25, -0.2) is 0 Å². The summed E-state index contributed by atoms with van der Waals surface area (Å²) in [5.74, 6) is 0.829. The van der Waals surface area contributed by atoms with E-state index in [1.165, 1.54) is 31.2 Å². The molecule has 2 saturated carbocycles. The molecule has 0 aromatic heterocycles. The summed E-state index contributed by atoms with van der Waals surface area (Å²) in [6, 6.07) is 9.92. The average Bonchev–Trinajstić information content (AvgIpc) is 3.37. The van der Waals surface area contributed by atoms with E-state index in [1.807, 2.05) is 0 Å². The van der Waals surface area contributed by atoms with E-state index in [0.717, 1.165) is 30.3 Å². The van der Waals surface area contributed by atoms with Crippen LogP contribution in [0.4, 0.5) is 5.69 Å². The number of nitrogens with zero attached hydrogens (tertiary/aromatic N) is 2. The molecule has 21 heavy (non-hydrogen) atoms. The second kappa shape index (κ2) is 6.07. The average molecular weight is 283 g/mol. The molecule has 0 aliphatic heterocycles. The molecule has 0 saturated heterocycles. The van der Waals surface area contributed by atoms with Gasteiger partial charge >= 0.3 is 0 Å². The Labute approximate surface area is 128 Å². The monoisotopic (exact) mass is 283 g/mol. The first-order valence-corrected chi connectivity index (χ1v) is 8.20. The molecule has 0 atom stereocenters. The van der Waals surface area contributed by atoms with Gasteiger partial charge in [0.05, 0.1) is 11.3 Å². The number of rotatable bonds is 7. The van der Waals surface area contributed by atoms with Gasteiger partial charge in [-0.15, -0.1) is 0 Å². The minimum Gasteiger partial charge on any atom is -0.368 e. The van der Waals surface area contributed by atoms with Crippen LogP contribution < -0.4 is 10.2 Å². The molecule has 0 heterocycles. The van der Waals surface area contributed by atoms with Crippen LogP contribution in [0.2, 0.25) is 0 Å². The third kappa shape index (κ3) is 3.77. The van der Waals surface area contributed by atoms with Crippen LogP contribution in [-0.4, -0.2) is 18.6 Å². The zero-order valence-corrected chi connectivity index (χ0v) is 13.1. The van der Waals surface area contributed by atoms with Crippen LogP contribution >= 0.6 is 0 Å². The molecule has 112 valence electrons. The highest BCUT2D eigenvalue weighted by molar-refractivity contribution is 5.61. The summed E-state index contributed by atoms with van der Waals surface area (Å²) < 4.78 is 0. The Morgan fingerprint density at radius 1 is 1.29 bits per heavy atom. The molecule has 0 radical (unpaired) electrons. The third-order valence-corrected chi connectivity index (χ3v) is 4.44. The first kappa shape index (κ1) is 14.4. The number of hydrogen-bond acceptors (Lipinski definition) is 3. The standard InChI is InChI=1S/C18H25N3/c1-13(2)21(12-14-3-4-14)18-8-5-15(9-16(18)10-19)11-20-17-6-7-17/h5,8-9,13-14,17,20H,3-4,6-7,11-12H2,1-2H3. The largest absolute Gasteiger partial charge is 0.368 e. The Morgan fingerprint density at radius 3 is 2.62 bits per heavy atom. The lowest BCUT2D eigenvalue weighted by Gasteiger charge is -2.30. The molecule has 0 spiro atoms. The Kier molecular flexibility index (Phi) is 4.17. The fraction of sp³-hybridized carbons (Fsp3) is 0.611. The molecule has 1 N–H and O–H groups in total. The predicted octanol–water partition coefficient (Wildman–Crippen LogP) is 3.44. The molecule has 3 rings (SSSR count). The molecule has 2 aliphatic rings. The van der Waals surface area contributed by atoms with Crippen LogP contribution in [0, 0.1) is 17.2 Å². The second-order valence-corrected chi connectivity index (χ2v) is 6.81. The summed E-state index contributed by atoms with van der Waals surface area (Å²) in [5, 5.41) is 13.0. The van der Waals surface area contributed by atoms with Gasteiger partial charge in [0.2, 0.25) is 0 Å². The van der Waals surface area contributed by atoms with E-state index >= 15 is 0 Å². The van der Waals surface area contributed by atoms with Crippen molar-refractivity contribution in [1.82, 2.24) is 5.32 Å². The van der Waals surface area contributed by atoms with Crippen LogP contribution in [0.15, 0.2) is 18.2 Å². The van der Waals surface area contributed by atoms with Crippen LogP contribution in [-0.2, 0) is 6.54 Å². The Bertz CT molecular complexity index is 536. The van der Waals surface area contributed by atoms with Crippen LogP contribution in [0.1, 0.15) is 50.7 Å². The predicted molar refractivity (Wildman–Crippen MR) is 86.2 cm³/mol. The highest BCUT2D eigenvalue weighted by Gasteiger charge is 2.27. The number of nitrogens with one attached hydrogen (secondary N) is 1. The molecule has 3 heteroatoms. The maximum Gasteiger partial charge on any atom is 0.101 e. The first-order valence-electron chi connectivity index (χ1n) is 8.20. The number of anilines is 1. The van der Waals surface area contributed by atoms with Crippen molar-refractivity contribution in [3.05, 3.63) is 29.3 Å². The van der Waals surface area contributed by atoms with Crippen LogP contribution in [0.25, 0.3) is 0 Å². The smallest absolute Gasteiger partial charge is 0.101 e. The van der Waals surface area contributed by atoms with Gasteiger partial charge < -0.3 is 10.2 Å². The molecule has 2 fully saturated rings. The Balaban J connectivity index is 1.77. The Morgan fingerprint density at radius 2 is 2.05 bits per heavy atom. The maximum atomic E-state index is 9.52. The van der Waals surface area contributed by atoms with Crippen molar-refractivity contribution >= 4 is 5.69 Å². The summed E-state index contributed by atoms with van der Waals surface area (Å²) in [6.45, 7) is 6.40. The molecule has 0 amide bonds. The van der Waals surface area contributed by atoms with Gasteiger partial charge in [0.15, 0.2) is 0 Å². The number of hydrogen-bond donors (Lipinski definition) is 1. The normalized spacial score (nSPS) is 17.8. The topological polar surface area (TPSA) is 39.1 Å². The highest BCUT2D eigenvalue weighted by Crippen LogP contribution is 2.33. The lowest BCUT2D eigenvalue weighted by molar-refractivity contribution is 0.643. The lowest BCUT2D eigenvalue weighted by Crippen LogP contribution is -2.33. The van der Waals surface area contributed by atoms with Gasteiger partial charge in [-0.05, 0) is 63.1 Å². The van der Waals surface area contributed by atoms with Gasteiger partial charge in [-0.2, -0.15) is 5.26 Å². The fourth-order valence-electron chi connectivity index (χ4n) is 2.75. The molecule has 0 unspecified atom stereocenters. The second-order valence-electron chi connectivity index (χ2n) is 6.81. The molecular formula is C18H25N3. The van der Waals surface area contributed by atoms with Gasteiger partial charge in [0.1, 0.15) is 6.07 Å². The van der Waals surface area contributed by atoms with Crippen molar-refractivity contribution in [2.75, 3.05) is 11.4 Å². The molecule has 0 bridgehead atoms. The maximum absolute atomic E-state index is 9.52. The van der Waals surface area contributed by atoms with Crippen LogP contribution in [0.3, 0.4) is 0 Å². The van der Waals surface area contributed by atoms with E-state index in [9.17, 15) is 5.26 Å². The van der Waals surface area contributed by atoms with Gasteiger partial charge in [0.25, 0.3) is 0 Å². The quantitative estimate of drug-likeness (QED) is 0.833. The van der Waals surface area contributed by atoms with Gasteiger partial charge in [0, 0.05) is 25.2 Å². The summed E-state index contributed by atoms with van der Waals surface area (Å²) in [5.41, 5.74) is 3.14. The van der Waals surface area contributed by atoms with E-state index in [4.69, 9.17) is 0 Å². The van der Waals surface area contributed by atoms with Gasteiger partial charge in [-0.1, -0.05) is 6.07 Å². The van der Waals surface area contributed by atoms with Crippen molar-refractivity contribution in [2.45, 2.75) is 58.2 Å². The lowest BCUT2D eigenvalue weighted by atomic mass is 10.1. The summed E-state index contributed by atoms with van der Waals surface area (Å²) >= 11 is 0. The van der Waals surface area contributed by atoms with Crippen molar-refractivity contribution < 1.29 is 0 Å². The SMILES string of the molecule is CC(C)N(CC1CC1)c1ccc(CNC2CC2)cc1C#N. The summed E-state index contributed by atoms with van der Waals surface area (Å²) in [7, 11) is 0. The minimum atomic E-state index is 0.438. The zero-order valence-electron chi connectivity index (χ0n) is 13.1. The van der Waals surface area contributed by atoms with Crippen molar-refractivity contribution in [3.8, 4) is 6.07 Å². The molecular weight excluding hydrogens is 258 g/mol. The van der Waals surface area contributed by atoms with E-state index in [0.29, 0.717) is 12.1 Å². The fourth-order valence-corrected chi connectivity index (χ4v) is 2.75. The molecule has 1 aromatic carbocycles. The van der Waals surface area contributed by atoms with Gasteiger partial charge in [-0.3, -0.25) is 0 Å². The van der Waals surface area contributed by atoms with Crippen LogP contribution in [0.5, 0.6) is 0 Å².